The number of esters is 1. The summed E-state index contributed by atoms with van der Waals surface area (Å²) in [7, 11) is 0. The largest absolute Gasteiger partial charge is 0.461 e. The molecular weight excluding hydrogens is 249 g/mol. The third-order valence-electron chi connectivity index (χ3n) is 2.56. The van der Waals surface area contributed by atoms with Crippen LogP contribution < -0.4 is 0 Å². The Bertz CT molecular complexity index is 233. The first kappa shape index (κ1) is 17.2. The van der Waals surface area contributed by atoms with Gasteiger partial charge in [0.2, 0.25) is 0 Å². The van der Waals surface area contributed by atoms with Gasteiger partial charge >= 0.3 is 18.2 Å². The van der Waals surface area contributed by atoms with E-state index in [-0.39, 0.29) is 6.61 Å². The normalized spacial score (nSPS) is 14.6. The number of aliphatic hydroxyl groups is 1. The maximum Gasteiger partial charge on any atom is 0.378 e. The van der Waals surface area contributed by atoms with Gasteiger partial charge in [0.25, 0.3) is 0 Å². The molecule has 0 amide bonds. The number of halogens is 3. The average Bonchev–Trinajstić information content (AvgIpc) is 2.32. The van der Waals surface area contributed by atoms with E-state index in [1.165, 1.54) is 6.42 Å². The highest BCUT2D eigenvalue weighted by Crippen LogP contribution is 2.19. The van der Waals surface area contributed by atoms with Crippen LogP contribution in [-0.4, -0.2) is 30.0 Å². The quantitative estimate of drug-likeness (QED) is 0.490. The third kappa shape index (κ3) is 6.83. The van der Waals surface area contributed by atoms with Gasteiger partial charge in [0.05, 0.1) is 6.61 Å². The van der Waals surface area contributed by atoms with Crippen LogP contribution in [0.4, 0.5) is 13.2 Å². The van der Waals surface area contributed by atoms with Gasteiger partial charge in [-0.3, -0.25) is 0 Å². The molecule has 0 saturated carbocycles. The molecule has 0 heterocycles. The van der Waals surface area contributed by atoms with Crippen LogP contribution in [-0.2, 0) is 9.53 Å². The van der Waals surface area contributed by atoms with Crippen molar-refractivity contribution in [2.75, 3.05) is 6.61 Å². The Balaban J connectivity index is 3.52. The zero-order chi connectivity index (χ0) is 14.0. The van der Waals surface area contributed by atoms with E-state index in [1.54, 1.807) is 0 Å². The van der Waals surface area contributed by atoms with E-state index in [2.05, 4.69) is 11.7 Å². The second-order valence-electron chi connectivity index (χ2n) is 4.23. The van der Waals surface area contributed by atoms with Crippen molar-refractivity contribution < 1.29 is 27.8 Å². The Morgan fingerprint density at radius 2 is 1.67 bits per heavy atom. The molecule has 0 aliphatic carbocycles. The fraction of sp³-hybridized carbons (Fsp3) is 0.917. The van der Waals surface area contributed by atoms with Gasteiger partial charge in [-0.1, -0.05) is 45.4 Å². The number of carbonyl (C=O) groups excluding carboxylic acids is 1. The second kappa shape index (κ2) is 9.19. The molecule has 0 radical (unpaired) electrons. The maximum absolute atomic E-state index is 12.7. The van der Waals surface area contributed by atoms with Crippen LogP contribution >= 0.6 is 0 Å². The summed E-state index contributed by atoms with van der Waals surface area (Å²) in [5.74, 6) is -6.11. The first-order chi connectivity index (χ1) is 8.42. The Morgan fingerprint density at radius 1 is 1.17 bits per heavy atom. The maximum atomic E-state index is 12.7. The molecule has 0 fully saturated rings. The SMILES string of the molecule is CCCCCCCCCOC(=O)C(O)(F)C(F)F. The van der Waals surface area contributed by atoms with Crippen LogP contribution in [0.3, 0.4) is 0 Å². The molecule has 18 heavy (non-hydrogen) atoms. The molecule has 0 aromatic heterocycles. The topological polar surface area (TPSA) is 46.5 Å². The van der Waals surface area contributed by atoms with E-state index in [4.69, 9.17) is 5.11 Å². The lowest BCUT2D eigenvalue weighted by Gasteiger charge is -2.15. The summed E-state index contributed by atoms with van der Waals surface area (Å²) < 4.78 is 40.7. The summed E-state index contributed by atoms with van der Waals surface area (Å²) in [4.78, 5) is 10.8. The number of unbranched alkanes of at least 4 members (excludes halogenated alkanes) is 6. The first-order valence-corrected chi connectivity index (χ1v) is 6.29. The Morgan fingerprint density at radius 3 is 2.17 bits per heavy atom. The average molecular weight is 270 g/mol. The molecular formula is C12H21F3O3. The zero-order valence-electron chi connectivity index (χ0n) is 10.6. The van der Waals surface area contributed by atoms with Gasteiger partial charge in [-0.15, -0.1) is 0 Å². The van der Waals surface area contributed by atoms with Gasteiger partial charge < -0.3 is 9.84 Å². The van der Waals surface area contributed by atoms with Crippen molar-refractivity contribution in [2.45, 2.75) is 64.1 Å². The smallest absolute Gasteiger partial charge is 0.378 e. The summed E-state index contributed by atoms with van der Waals surface area (Å²) in [5.41, 5.74) is 0. The molecule has 0 aliphatic rings. The highest BCUT2D eigenvalue weighted by atomic mass is 19.3. The van der Waals surface area contributed by atoms with Crippen LogP contribution in [0.25, 0.3) is 0 Å². The van der Waals surface area contributed by atoms with E-state index in [9.17, 15) is 18.0 Å². The predicted octanol–water partition coefficient (Wildman–Crippen LogP) is 3.20. The Hall–Kier alpha value is -0.780. The molecule has 1 N–H and O–H groups in total. The van der Waals surface area contributed by atoms with Gasteiger partial charge in [-0.2, -0.15) is 4.39 Å². The molecule has 1 atom stereocenters. The summed E-state index contributed by atoms with van der Waals surface area (Å²) in [6.45, 7) is 1.96. The first-order valence-electron chi connectivity index (χ1n) is 6.29. The van der Waals surface area contributed by atoms with Gasteiger partial charge in [0, 0.05) is 0 Å². The molecule has 0 bridgehead atoms. The second-order valence-corrected chi connectivity index (χ2v) is 4.23. The summed E-state index contributed by atoms with van der Waals surface area (Å²) >= 11 is 0. The third-order valence-corrected chi connectivity index (χ3v) is 2.56. The fourth-order valence-electron chi connectivity index (χ4n) is 1.41. The number of ether oxygens (including phenoxy) is 1. The number of alkyl halides is 3. The van der Waals surface area contributed by atoms with Gasteiger partial charge in [-0.25, -0.2) is 13.6 Å². The highest BCUT2D eigenvalue weighted by Gasteiger charge is 2.48. The van der Waals surface area contributed by atoms with Crippen molar-refractivity contribution in [1.82, 2.24) is 0 Å². The molecule has 0 aromatic carbocycles. The van der Waals surface area contributed by atoms with Crippen molar-refractivity contribution in [3.63, 3.8) is 0 Å². The van der Waals surface area contributed by atoms with Crippen molar-refractivity contribution in [2.24, 2.45) is 0 Å². The van der Waals surface area contributed by atoms with E-state index < -0.39 is 18.2 Å². The minimum absolute atomic E-state index is 0.147. The lowest BCUT2D eigenvalue weighted by atomic mass is 10.1. The Labute approximate surface area is 105 Å². The lowest BCUT2D eigenvalue weighted by molar-refractivity contribution is -0.218. The molecule has 0 saturated heterocycles. The molecule has 0 spiro atoms. The van der Waals surface area contributed by atoms with Crippen molar-refractivity contribution in [3.8, 4) is 0 Å². The fourth-order valence-corrected chi connectivity index (χ4v) is 1.41. The minimum Gasteiger partial charge on any atom is -0.461 e. The molecule has 0 aromatic rings. The highest BCUT2D eigenvalue weighted by molar-refractivity contribution is 5.77. The monoisotopic (exact) mass is 270 g/mol. The summed E-state index contributed by atoms with van der Waals surface area (Å²) in [6.07, 6.45) is 3.00. The molecule has 6 heteroatoms. The van der Waals surface area contributed by atoms with Crippen LogP contribution in [0.2, 0.25) is 0 Å². The summed E-state index contributed by atoms with van der Waals surface area (Å²) in [5, 5.41) is 8.47. The van der Waals surface area contributed by atoms with Crippen molar-refractivity contribution >= 4 is 5.97 Å². The van der Waals surface area contributed by atoms with E-state index in [0.29, 0.717) is 6.42 Å². The molecule has 0 rings (SSSR count). The number of hydrogen-bond donors (Lipinski definition) is 1. The minimum atomic E-state index is -4.19. The molecule has 1 unspecified atom stereocenters. The van der Waals surface area contributed by atoms with Crippen molar-refractivity contribution in [1.29, 1.82) is 0 Å². The van der Waals surface area contributed by atoms with Crippen LogP contribution in [0.15, 0.2) is 0 Å². The number of carbonyl (C=O) groups is 1. The molecule has 3 nitrogen and oxygen atoms in total. The van der Waals surface area contributed by atoms with Crippen molar-refractivity contribution in [3.05, 3.63) is 0 Å². The predicted molar refractivity (Wildman–Crippen MR) is 61.0 cm³/mol. The van der Waals surface area contributed by atoms with Crippen LogP contribution in [0.5, 0.6) is 0 Å². The Kier molecular flexibility index (Phi) is 8.79. The summed E-state index contributed by atoms with van der Waals surface area (Å²) in [6, 6.07) is 0. The van der Waals surface area contributed by atoms with Crippen LogP contribution in [0.1, 0.15) is 51.9 Å². The van der Waals surface area contributed by atoms with E-state index in [0.717, 1.165) is 32.1 Å². The standard InChI is InChI=1S/C12H21F3O3/c1-2-3-4-5-6-7-8-9-18-11(16)12(15,17)10(13)14/h10,17H,2-9H2,1H3. The van der Waals surface area contributed by atoms with E-state index in [1.807, 2.05) is 0 Å². The number of rotatable bonds is 10. The van der Waals surface area contributed by atoms with Gasteiger partial charge in [-0.05, 0) is 6.42 Å². The zero-order valence-corrected chi connectivity index (χ0v) is 10.6. The number of hydrogen-bond acceptors (Lipinski definition) is 3. The lowest BCUT2D eigenvalue weighted by Crippen LogP contribution is -2.42. The van der Waals surface area contributed by atoms with Crippen LogP contribution in [0, 0.1) is 0 Å². The molecule has 108 valence electrons. The van der Waals surface area contributed by atoms with E-state index >= 15 is 0 Å². The molecule has 0 aliphatic heterocycles. The van der Waals surface area contributed by atoms with Gasteiger partial charge in [0.1, 0.15) is 0 Å². The van der Waals surface area contributed by atoms with Gasteiger partial charge in [0.15, 0.2) is 0 Å².